The lowest BCUT2D eigenvalue weighted by atomic mass is 9.85. The first-order chi connectivity index (χ1) is 16.6. The van der Waals surface area contributed by atoms with Crippen LogP contribution in [0.5, 0.6) is 11.5 Å². The molecule has 0 saturated carbocycles. The Morgan fingerprint density at radius 1 is 1.17 bits per heavy atom. The molecule has 0 radical (unpaired) electrons. The molecule has 0 aliphatic carbocycles. The van der Waals surface area contributed by atoms with Crippen molar-refractivity contribution in [2.45, 2.75) is 25.1 Å². The Morgan fingerprint density at radius 3 is 2.63 bits per heavy atom. The molecule has 2 aliphatic rings. The highest BCUT2D eigenvalue weighted by molar-refractivity contribution is 6.12. The zero-order valence-corrected chi connectivity index (χ0v) is 19.4. The average molecular weight is 487 g/mol. The van der Waals surface area contributed by atoms with Gasteiger partial charge in [-0.1, -0.05) is 18.2 Å². The maximum atomic E-state index is 13.7. The van der Waals surface area contributed by atoms with E-state index in [0.717, 1.165) is 17.2 Å². The summed E-state index contributed by atoms with van der Waals surface area (Å²) in [5.41, 5.74) is 0.637. The fraction of sp³-hybridized carbons (Fsp3) is 0.320. The number of hydrogen-bond acceptors (Lipinski definition) is 5. The van der Waals surface area contributed by atoms with Gasteiger partial charge in [-0.3, -0.25) is 14.6 Å². The number of benzene rings is 2. The molecule has 4 rings (SSSR count). The number of fused-ring (bicyclic) bond motifs is 1. The molecule has 2 aromatic carbocycles. The third-order valence-corrected chi connectivity index (χ3v) is 5.90. The van der Waals surface area contributed by atoms with E-state index in [1.54, 1.807) is 18.2 Å². The molecule has 0 bridgehead atoms. The summed E-state index contributed by atoms with van der Waals surface area (Å²) < 4.78 is 52.3. The van der Waals surface area contributed by atoms with Crippen molar-refractivity contribution in [3.05, 3.63) is 70.3 Å². The molecule has 2 heterocycles. The van der Waals surface area contributed by atoms with Gasteiger partial charge in [0.05, 0.1) is 19.2 Å². The number of nitrogens with one attached hydrogen (secondary N) is 1. The largest absolute Gasteiger partial charge is 0.493 e. The molecule has 2 aliphatic heterocycles. The first-order valence-electron chi connectivity index (χ1n) is 10.9. The monoisotopic (exact) mass is 487 g/mol. The summed E-state index contributed by atoms with van der Waals surface area (Å²) in [6.07, 6.45) is -2.45. The van der Waals surface area contributed by atoms with Crippen molar-refractivity contribution in [2.24, 2.45) is 4.99 Å². The Balaban J connectivity index is 1.58. The maximum absolute atomic E-state index is 13.7. The van der Waals surface area contributed by atoms with Crippen LogP contribution in [0.1, 0.15) is 39.4 Å². The number of methoxy groups -OCH3 is 1. The second kappa shape index (κ2) is 9.44. The van der Waals surface area contributed by atoms with E-state index in [4.69, 9.17) is 9.47 Å². The van der Waals surface area contributed by atoms with Crippen LogP contribution in [0.4, 0.5) is 13.2 Å². The summed E-state index contributed by atoms with van der Waals surface area (Å²) >= 11 is 0. The Morgan fingerprint density at radius 2 is 1.94 bits per heavy atom. The van der Waals surface area contributed by atoms with Crippen molar-refractivity contribution < 1.29 is 32.2 Å². The standard InChI is InChI=1S/C25H24F3N3O4/c1-31(2)24(33)15-4-5-16(19(10-15)25(26,27)28)13-35-20-7-6-14(11-21(20)34-3)18-12-22(32)30-23-17(18)8-9-29-23/h4-8,10-11,18H,9,12-13H2,1-3H3,(H,29,30,32). The molecule has 2 amide bonds. The van der Waals surface area contributed by atoms with Crippen LogP contribution >= 0.6 is 0 Å². The molecule has 0 spiro atoms. The average Bonchev–Trinajstić information content (AvgIpc) is 3.29. The Bertz CT molecular complexity index is 1230. The fourth-order valence-electron chi connectivity index (χ4n) is 4.15. The number of piperidine rings is 1. The normalized spacial score (nSPS) is 17.2. The third kappa shape index (κ3) is 5.01. The first kappa shape index (κ1) is 24.3. The molecule has 0 aromatic heterocycles. The molecular formula is C25H24F3N3O4. The second-order valence-corrected chi connectivity index (χ2v) is 8.42. The van der Waals surface area contributed by atoms with E-state index in [1.807, 2.05) is 6.08 Å². The Hall–Kier alpha value is -3.82. The van der Waals surface area contributed by atoms with Gasteiger partial charge in [-0.25, -0.2) is 0 Å². The van der Waals surface area contributed by atoms with Crippen LogP contribution in [-0.4, -0.2) is 50.3 Å². The molecule has 184 valence electrons. The van der Waals surface area contributed by atoms with Crippen LogP contribution in [0.3, 0.4) is 0 Å². The predicted octanol–water partition coefficient (Wildman–Crippen LogP) is 3.94. The summed E-state index contributed by atoms with van der Waals surface area (Å²) in [4.78, 5) is 29.7. The lowest BCUT2D eigenvalue weighted by Crippen LogP contribution is -2.38. The Labute approximate surface area is 200 Å². The summed E-state index contributed by atoms with van der Waals surface area (Å²) in [5, 5.41) is 2.76. The molecule has 35 heavy (non-hydrogen) atoms. The summed E-state index contributed by atoms with van der Waals surface area (Å²) in [6, 6.07) is 8.53. The minimum atomic E-state index is -4.66. The van der Waals surface area contributed by atoms with Gasteiger partial charge in [0.15, 0.2) is 11.5 Å². The van der Waals surface area contributed by atoms with Gasteiger partial charge in [0, 0.05) is 43.1 Å². The van der Waals surface area contributed by atoms with Crippen LogP contribution in [0, 0.1) is 0 Å². The van der Waals surface area contributed by atoms with Gasteiger partial charge in [0.1, 0.15) is 12.4 Å². The molecule has 7 nitrogen and oxygen atoms in total. The summed E-state index contributed by atoms with van der Waals surface area (Å²) in [7, 11) is 4.38. The number of carbonyl (C=O) groups excluding carboxylic acids is 2. The quantitative estimate of drug-likeness (QED) is 0.670. The number of aliphatic imine (C=N–C) groups is 1. The number of alkyl halides is 3. The zero-order chi connectivity index (χ0) is 25.3. The van der Waals surface area contributed by atoms with Gasteiger partial charge in [0.25, 0.3) is 5.91 Å². The molecule has 2 aromatic rings. The fourth-order valence-corrected chi connectivity index (χ4v) is 4.15. The van der Waals surface area contributed by atoms with Crippen LogP contribution in [0.25, 0.3) is 0 Å². The van der Waals surface area contributed by atoms with Gasteiger partial charge in [-0.05, 0) is 29.8 Å². The van der Waals surface area contributed by atoms with Gasteiger partial charge < -0.3 is 19.7 Å². The lowest BCUT2D eigenvalue weighted by Gasteiger charge is -2.26. The number of rotatable bonds is 6. The third-order valence-electron chi connectivity index (χ3n) is 5.90. The van der Waals surface area contributed by atoms with Crippen LogP contribution < -0.4 is 14.8 Å². The highest BCUT2D eigenvalue weighted by Crippen LogP contribution is 2.39. The number of amidine groups is 1. The minimum Gasteiger partial charge on any atom is -0.493 e. The lowest BCUT2D eigenvalue weighted by molar-refractivity contribution is -0.138. The van der Waals surface area contributed by atoms with E-state index in [0.29, 0.717) is 18.1 Å². The van der Waals surface area contributed by atoms with Gasteiger partial charge in [-0.15, -0.1) is 0 Å². The topological polar surface area (TPSA) is 80.2 Å². The van der Waals surface area contributed by atoms with Crippen molar-refractivity contribution in [3.63, 3.8) is 0 Å². The van der Waals surface area contributed by atoms with Crippen molar-refractivity contribution in [1.29, 1.82) is 0 Å². The van der Waals surface area contributed by atoms with Gasteiger partial charge >= 0.3 is 6.18 Å². The van der Waals surface area contributed by atoms with E-state index in [1.165, 1.54) is 38.2 Å². The number of ether oxygens (including phenoxy) is 2. The number of halogens is 3. The van der Waals surface area contributed by atoms with E-state index in [2.05, 4.69) is 10.3 Å². The minimum absolute atomic E-state index is 0.0614. The van der Waals surface area contributed by atoms with E-state index in [9.17, 15) is 22.8 Å². The van der Waals surface area contributed by atoms with E-state index in [-0.39, 0.29) is 41.7 Å². The molecule has 1 fully saturated rings. The van der Waals surface area contributed by atoms with Crippen molar-refractivity contribution in [3.8, 4) is 11.5 Å². The summed E-state index contributed by atoms with van der Waals surface area (Å²) in [5.74, 6) is 0.295. The Kier molecular flexibility index (Phi) is 6.56. The molecule has 1 saturated heterocycles. The second-order valence-electron chi connectivity index (χ2n) is 8.42. The van der Waals surface area contributed by atoms with Gasteiger partial charge in [0.2, 0.25) is 5.91 Å². The highest BCUT2D eigenvalue weighted by Gasteiger charge is 2.35. The number of amides is 2. The predicted molar refractivity (Wildman–Crippen MR) is 123 cm³/mol. The zero-order valence-electron chi connectivity index (χ0n) is 19.4. The molecule has 1 atom stereocenters. The van der Waals surface area contributed by atoms with E-state index < -0.39 is 17.6 Å². The number of carbonyl (C=O) groups is 2. The molecule has 1 N–H and O–H groups in total. The van der Waals surface area contributed by atoms with Crippen LogP contribution in [0.15, 0.2) is 53.0 Å². The first-order valence-corrected chi connectivity index (χ1v) is 10.9. The van der Waals surface area contributed by atoms with Crippen LogP contribution in [-0.2, 0) is 17.6 Å². The number of hydrogen-bond donors (Lipinski definition) is 1. The van der Waals surface area contributed by atoms with E-state index >= 15 is 0 Å². The number of nitrogens with zero attached hydrogens (tertiary/aromatic N) is 2. The van der Waals surface area contributed by atoms with Crippen molar-refractivity contribution >= 4 is 17.6 Å². The van der Waals surface area contributed by atoms with Crippen molar-refractivity contribution in [2.75, 3.05) is 27.7 Å². The van der Waals surface area contributed by atoms with Crippen molar-refractivity contribution in [1.82, 2.24) is 10.2 Å². The maximum Gasteiger partial charge on any atom is 0.416 e. The summed E-state index contributed by atoms with van der Waals surface area (Å²) in [6.45, 7) is 0.120. The van der Waals surface area contributed by atoms with Crippen LogP contribution in [0.2, 0.25) is 0 Å². The molecule has 10 heteroatoms. The SMILES string of the molecule is COc1cc(C2CC(=O)NC3=NCC=C32)ccc1OCc1ccc(C(=O)N(C)C)cc1C(F)(F)F. The molecule has 1 unspecified atom stereocenters. The highest BCUT2D eigenvalue weighted by atomic mass is 19.4. The van der Waals surface area contributed by atoms with Gasteiger partial charge in [-0.2, -0.15) is 13.2 Å². The molecular weight excluding hydrogens is 463 g/mol. The smallest absolute Gasteiger partial charge is 0.416 e.